The van der Waals surface area contributed by atoms with Gasteiger partial charge in [0.2, 0.25) is 0 Å². The van der Waals surface area contributed by atoms with Gasteiger partial charge in [-0.3, -0.25) is 9.78 Å². The van der Waals surface area contributed by atoms with Crippen LogP contribution in [0.15, 0.2) is 60.8 Å². The lowest BCUT2D eigenvalue weighted by atomic mass is 10.0. The van der Waals surface area contributed by atoms with Crippen LogP contribution in [0, 0.1) is 12.7 Å². The fourth-order valence-electron chi connectivity index (χ4n) is 3.77. The Kier molecular flexibility index (Phi) is 5.01. The van der Waals surface area contributed by atoms with Gasteiger partial charge in [-0.2, -0.15) is 9.61 Å². The number of aromatic nitrogens is 5. The van der Waals surface area contributed by atoms with E-state index < -0.39 is 17.9 Å². The number of hydrogen-bond donors (Lipinski definition) is 1. The minimum Gasteiger partial charge on any atom is -0.355 e. The highest BCUT2D eigenvalue weighted by Gasteiger charge is 2.23. The third kappa shape index (κ3) is 3.57. The van der Waals surface area contributed by atoms with Crippen LogP contribution in [0.1, 0.15) is 33.5 Å². The molecule has 0 radical (unpaired) electrons. The summed E-state index contributed by atoms with van der Waals surface area (Å²) in [5, 5.41) is 15.7. The van der Waals surface area contributed by atoms with E-state index in [1.165, 1.54) is 23.7 Å². The summed E-state index contributed by atoms with van der Waals surface area (Å²) in [6, 6.07) is 14.7. The van der Waals surface area contributed by atoms with Gasteiger partial charge in [0, 0.05) is 24.2 Å². The van der Waals surface area contributed by atoms with Crippen molar-refractivity contribution in [3.05, 3.63) is 89.1 Å². The molecule has 5 aromatic rings. The molecule has 1 N–H and O–H groups in total. The number of carbonyl (C=O) groups is 1. The van der Waals surface area contributed by atoms with Crippen LogP contribution < -0.4 is 5.32 Å². The first-order valence-corrected chi connectivity index (χ1v) is 10.2. The van der Waals surface area contributed by atoms with Gasteiger partial charge >= 0.3 is 0 Å². The second-order valence-corrected chi connectivity index (χ2v) is 7.59. The van der Waals surface area contributed by atoms with Crippen LogP contribution in [-0.4, -0.2) is 37.8 Å². The third-order valence-electron chi connectivity index (χ3n) is 5.51. The molecule has 164 valence electrons. The van der Waals surface area contributed by atoms with Gasteiger partial charge in [0.05, 0.1) is 16.8 Å². The van der Waals surface area contributed by atoms with E-state index in [4.69, 9.17) is 0 Å². The van der Waals surface area contributed by atoms with Crippen molar-refractivity contribution in [2.24, 2.45) is 0 Å². The summed E-state index contributed by atoms with van der Waals surface area (Å²) in [6.07, 6.45) is 0.107. The Morgan fingerprint density at radius 3 is 2.73 bits per heavy atom. The zero-order chi connectivity index (χ0) is 23.1. The Balaban J connectivity index is 1.57. The average Bonchev–Trinajstić information content (AvgIpc) is 3.26. The van der Waals surface area contributed by atoms with Crippen molar-refractivity contribution in [1.82, 2.24) is 30.1 Å². The lowest BCUT2D eigenvalue weighted by Crippen LogP contribution is -2.19. The van der Waals surface area contributed by atoms with Crippen molar-refractivity contribution >= 4 is 22.5 Å². The molecule has 0 aliphatic carbocycles. The molecule has 33 heavy (non-hydrogen) atoms. The molecule has 0 aliphatic rings. The number of hydrogen-bond acceptors (Lipinski definition) is 5. The molecule has 0 spiro atoms. The molecule has 9 heteroatoms. The van der Waals surface area contributed by atoms with Crippen LogP contribution in [0.3, 0.4) is 0 Å². The summed E-state index contributed by atoms with van der Waals surface area (Å²) in [5.74, 6) is -1.19. The molecule has 0 bridgehead atoms. The van der Waals surface area contributed by atoms with Crippen LogP contribution in [0.25, 0.3) is 27.8 Å². The fourth-order valence-corrected chi connectivity index (χ4v) is 3.77. The van der Waals surface area contributed by atoms with Gasteiger partial charge in [0.1, 0.15) is 5.82 Å². The van der Waals surface area contributed by atoms with Crippen molar-refractivity contribution < 1.29 is 13.6 Å². The number of rotatable bonds is 4. The molecule has 0 aliphatic heterocycles. The highest BCUT2D eigenvalue weighted by molar-refractivity contribution is 5.94. The van der Waals surface area contributed by atoms with Crippen molar-refractivity contribution in [1.29, 1.82) is 0 Å². The topological polar surface area (TPSA) is 85.1 Å². The molecule has 2 aromatic carbocycles. The first-order valence-electron chi connectivity index (χ1n) is 10.2. The van der Waals surface area contributed by atoms with Gasteiger partial charge < -0.3 is 5.32 Å². The summed E-state index contributed by atoms with van der Waals surface area (Å²) in [6.45, 7) is 1.81. The zero-order valence-electron chi connectivity index (χ0n) is 17.8. The quantitative estimate of drug-likeness (QED) is 0.449. The lowest BCUT2D eigenvalue weighted by Gasteiger charge is -2.12. The predicted octanol–water partition coefficient (Wildman–Crippen LogP) is 4.21. The predicted molar refractivity (Wildman–Crippen MR) is 119 cm³/mol. The second-order valence-electron chi connectivity index (χ2n) is 7.59. The molecule has 1 unspecified atom stereocenters. The Bertz CT molecular complexity index is 1530. The van der Waals surface area contributed by atoms with Gasteiger partial charge in [0.15, 0.2) is 17.6 Å². The Morgan fingerprint density at radius 1 is 1.09 bits per heavy atom. The summed E-state index contributed by atoms with van der Waals surface area (Å²) in [7, 11) is 1.43. The molecular weight excluding hydrogens is 426 g/mol. The van der Waals surface area contributed by atoms with Crippen molar-refractivity contribution in [2.45, 2.75) is 13.1 Å². The number of benzene rings is 2. The maximum absolute atomic E-state index is 15.7. The SMILES string of the molecule is CNC(=O)c1ccc(-c2ccc3nnc(C(F)c4cc5cccnc5cc4C)n3n2)cc1F. The molecule has 0 saturated heterocycles. The number of pyridine rings is 1. The second kappa shape index (κ2) is 8.01. The van der Waals surface area contributed by atoms with Crippen LogP contribution in [-0.2, 0) is 0 Å². The number of aryl methyl sites for hydroxylation is 1. The van der Waals surface area contributed by atoms with E-state index in [1.54, 1.807) is 36.5 Å². The van der Waals surface area contributed by atoms with E-state index in [0.29, 0.717) is 22.5 Å². The van der Waals surface area contributed by atoms with Crippen molar-refractivity contribution in [2.75, 3.05) is 7.05 Å². The largest absolute Gasteiger partial charge is 0.355 e. The maximum atomic E-state index is 15.7. The molecule has 7 nitrogen and oxygen atoms in total. The summed E-state index contributed by atoms with van der Waals surface area (Å²) < 4.78 is 31.5. The normalized spacial score (nSPS) is 12.2. The van der Waals surface area contributed by atoms with Gasteiger partial charge in [-0.25, -0.2) is 8.78 Å². The minimum absolute atomic E-state index is 0.0145. The Hall–Kier alpha value is -4.27. The monoisotopic (exact) mass is 444 g/mol. The Morgan fingerprint density at radius 2 is 1.94 bits per heavy atom. The highest BCUT2D eigenvalue weighted by Crippen LogP contribution is 2.31. The average molecular weight is 444 g/mol. The molecule has 5 rings (SSSR count). The van der Waals surface area contributed by atoms with Gasteiger partial charge in [0.25, 0.3) is 5.91 Å². The van der Waals surface area contributed by atoms with E-state index in [-0.39, 0.29) is 11.4 Å². The van der Waals surface area contributed by atoms with Crippen LogP contribution in [0.2, 0.25) is 0 Å². The smallest absolute Gasteiger partial charge is 0.253 e. The standard InChI is InChI=1S/C24H18F2N6O/c1-13-10-20-14(4-3-9-28-20)11-17(13)22(26)23-30-29-21-8-7-19(31-32(21)23)15-5-6-16(18(25)12-15)24(33)27-2/h3-12,22H,1-2H3,(H,27,33). The Labute approximate surface area is 187 Å². The number of nitrogens with one attached hydrogen (secondary N) is 1. The van der Waals surface area contributed by atoms with Crippen LogP contribution >= 0.6 is 0 Å². The summed E-state index contributed by atoms with van der Waals surface area (Å²) in [4.78, 5) is 16.1. The molecule has 3 aromatic heterocycles. The van der Waals surface area contributed by atoms with E-state index in [0.717, 1.165) is 16.5 Å². The van der Waals surface area contributed by atoms with Gasteiger partial charge in [-0.1, -0.05) is 12.1 Å². The van der Waals surface area contributed by atoms with E-state index in [9.17, 15) is 9.18 Å². The molecule has 0 fully saturated rings. The highest BCUT2D eigenvalue weighted by atomic mass is 19.1. The van der Waals surface area contributed by atoms with E-state index in [2.05, 4.69) is 25.6 Å². The number of alkyl halides is 1. The van der Waals surface area contributed by atoms with Crippen LogP contribution in [0.4, 0.5) is 8.78 Å². The van der Waals surface area contributed by atoms with E-state index >= 15 is 4.39 Å². The summed E-state index contributed by atoms with van der Waals surface area (Å²) >= 11 is 0. The van der Waals surface area contributed by atoms with E-state index in [1.807, 2.05) is 19.1 Å². The first-order chi connectivity index (χ1) is 16.0. The molecule has 0 saturated carbocycles. The molecule has 3 heterocycles. The van der Waals surface area contributed by atoms with Crippen molar-refractivity contribution in [3.63, 3.8) is 0 Å². The summed E-state index contributed by atoms with van der Waals surface area (Å²) in [5.41, 5.74) is 3.06. The first kappa shape index (κ1) is 20.6. The number of nitrogens with zero attached hydrogens (tertiary/aromatic N) is 5. The number of amides is 1. The number of fused-ring (bicyclic) bond motifs is 2. The number of carbonyl (C=O) groups excluding carboxylic acids is 1. The molecule has 1 atom stereocenters. The fraction of sp³-hybridized carbons (Fsp3) is 0.125. The third-order valence-corrected chi connectivity index (χ3v) is 5.51. The molecule has 1 amide bonds. The lowest BCUT2D eigenvalue weighted by molar-refractivity contribution is 0.0959. The van der Waals surface area contributed by atoms with Gasteiger partial charge in [-0.15, -0.1) is 10.2 Å². The van der Waals surface area contributed by atoms with Crippen LogP contribution in [0.5, 0.6) is 0 Å². The number of halogens is 2. The van der Waals surface area contributed by atoms with Crippen molar-refractivity contribution in [3.8, 4) is 11.3 Å². The van der Waals surface area contributed by atoms with Gasteiger partial charge in [-0.05, 0) is 60.5 Å². The minimum atomic E-state index is -1.58. The maximum Gasteiger partial charge on any atom is 0.253 e. The zero-order valence-corrected chi connectivity index (χ0v) is 17.8. The molecular formula is C24H18F2N6O.